The molecule has 21 heavy (non-hydrogen) atoms. The summed E-state index contributed by atoms with van der Waals surface area (Å²) in [5.74, 6) is 0.146. The fourth-order valence-electron chi connectivity index (χ4n) is 2.42. The summed E-state index contributed by atoms with van der Waals surface area (Å²) in [4.78, 5) is 16.9. The third-order valence-corrected chi connectivity index (χ3v) is 4.52. The van der Waals surface area contributed by atoms with Gasteiger partial charge in [-0.3, -0.25) is 4.79 Å². The van der Waals surface area contributed by atoms with Gasteiger partial charge in [0, 0.05) is 37.9 Å². The molecular weight excluding hydrogens is 280 g/mol. The molecule has 0 aliphatic heterocycles. The predicted octanol–water partition coefficient (Wildman–Crippen LogP) is 3.62. The molecule has 110 valence electrons. The van der Waals surface area contributed by atoms with Gasteiger partial charge in [-0.25, -0.2) is 0 Å². The Labute approximate surface area is 129 Å². The summed E-state index contributed by atoms with van der Waals surface area (Å²) < 4.78 is 0. The predicted molar refractivity (Wildman–Crippen MR) is 88.0 cm³/mol. The third-order valence-electron chi connectivity index (χ3n) is 3.79. The average molecular weight is 300 g/mol. The van der Waals surface area contributed by atoms with Gasteiger partial charge in [-0.2, -0.15) is 11.3 Å². The number of hydrogen-bond acceptors (Lipinski definition) is 3. The Hall–Kier alpha value is -1.81. The number of benzene rings is 1. The van der Waals surface area contributed by atoms with E-state index in [0.717, 1.165) is 30.6 Å². The van der Waals surface area contributed by atoms with E-state index in [-0.39, 0.29) is 5.91 Å². The molecule has 1 aromatic heterocycles. The number of hydrogen-bond donors (Lipinski definition) is 0. The summed E-state index contributed by atoms with van der Waals surface area (Å²) in [6.45, 7) is 0.721. The highest BCUT2D eigenvalue weighted by atomic mass is 32.1. The largest absolute Gasteiger partial charge is 0.378 e. The standard InChI is InChI=1S/C17H20N2OS/c1-18(2)16-5-3-4-14(10-16)17(20)19(15-6-7-15)11-13-8-9-21-12-13/h3-5,8-10,12,15H,6-7,11H2,1-2H3. The fourth-order valence-corrected chi connectivity index (χ4v) is 3.08. The van der Waals surface area contributed by atoms with Crippen molar-refractivity contribution in [3.05, 3.63) is 52.2 Å². The molecule has 0 spiro atoms. The Balaban J connectivity index is 1.82. The van der Waals surface area contributed by atoms with Gasteiger partial charge < -0.3 is 9.80 Å². The van der Waals surface area contributed by atoms with Crippen molar-refractivity contribution in [1.29, 1.82) is 0 Å². The molecule has 0 unspecified atom stereocenters. The monoisotopic (exact) mass is 300 g/mol. The Morgan fingerprint density at radius 3 is 2.71 bits per heavy atom. The fraction of sp³-hybridized carbons (Fsp3) is 0.353. The molecule has 1 saturated carbocycles. The van der Waals surface area contributed by atoms with Gasteiger partial charge in [-0.05, 0) is 53.4 Å². The van der Waals surface area contributed by atoms with Gasteiger partial charge in [0.25, 0.3) is 5.91 Å². The summed E-state index contributed by atoms with van der Waals surface area (Å²) in [6, 6.07) is 10.4. The van der Waals surface area contributed by atoms with E-state index in [1.807, 2.05) is 48.2 Å². The summed E-state index contributed by atoms with van der Waals surface area (Å²) in [6.07, 6.45) is 2.26. The first-order chi connectivity index (χ1) is 10.1. The van der Waals surface area contributed by atoms with Crippen molar-refractivity contribution in [3.8, 4) is 0 Å². The molecule has 0 atom stereocenters. The van der Waals surface area contributed by atoms with Gasteiger partial charge in [0.2, 0.25) is 0 Å². The van der Waals surface area contributed by atoms with Crippen molar-refractivity contribution >= 4 is 22.9 Å². The van der Waals surface area contributed by atoms with Crippen LogP contribution in [0.25, 0.3) is 0 Å². The van der Waals surface area contributed by atoms with Crippen molar-refractivity contribution in [2.75, 3.05) is 19.0 Å². The van der Waals surface area contributed by atoms with Gasteiger partial charge in [-0.1, -0.05) is 6.07 Å². The third kappa shape index (κ3) is 3.27. The van der Waals surface area contributed by atoms with Crippen LogP contribution in [0.4, 0.5) is 5.69 Å². The van der Waals surface area contributed by atoms with Crippen molar-refractivity contribution in [2.45, 2.75) is 25.4 Å². The van der Waals surface area contributed by atoms with Gasteiger partial charge in [0.1, 0.15) is 0 Å². The van der Waals surface area contributed by atoms with E-state index >= 15 is 0 Å². The minimum Gasteiger partial charge on any atom is -0.378 e. The summed E-state index contributed by atoms with van der Waals surface area (Å²) in [5.41, 5.74) is 3.07. The second-order valence-corrected chi connectivity index (χ2v) is 6.52. The smallest absolute Gasteiger partial charge is 0.254 e. The first kappa shape index (κ1) is 14.1. The van der Waals surface area contributed by atoms with Crippen LogP contribution in [0.2, 0.25) is 0 Å². The molecule has 1 aromatic carbocycles. The quantitative estimate of drug-likeness (QED) is 0.842. The lowest BCUT2D eigenvalue weighted by molar-refractivity contribution is 0.0730. The van der Waals surface area contributed by atoms with Gasteiger partial charge in [-0.15, -0.1) is 0 Å². The van der Waals surface area contributed by atoms with Crippen molar-refractivity contribution in [2.24, 2.45) is 0 Å². The van der Waals surface area contributed by atoms with Gasteiger partial charge >= 0.3 is 0 Å². The minimum absolute atomic E-state index is 0.146. The number of carbonyl (C=O) groups excluding carboxylic acids is 1. The van der Waals surface area contributed by atoms with Crippen molar-refractivity contribution in [1.82, 2.24) is 4.90 Å². The Bertz CT molecular complexity index is 617. The molecule has 1 heterocycles. The zero-order valence-corrected chi connectivity index (χ0v) is 13.3. The van der Waals surface area contributed by atoms with Crippen molar-refractivity contribution < 1.29 is 4.79 Å². The number of carbonyl (C=O) groups is 1. The average Bonchev–Trinajstić information content (AvgIpc) is 3.20. The van der Waals surface area contributed by atoms with Gasteiger partial charge in [0.15, 0.2) is 0 Å². The van der Waals surface area contributed by atoms with Crippen LogP contribution < -0.4 is 4.90 Å². The number of anilines is 1. The lowest BCUT2D eigenvalue weighted by atomic mass is 10.1. The molecule has 3 rings (SSSR count). The van der Waals surface area contributed by atoms with Crippen LogP contribution in [0.15, 0.2) is 41.1 Å². The van der Waals surface area contributed by atoms with E-state index in [1.165, 1.54) is 5.56 Å². The second-order valence-electron chi connectivity index (χ2n) is 5.74. The highest BCUT2D eigenvalue weighted by molar-refractivity contribution is 7.07. The van der Waals surface area contributed by atoms with Gasteiger partial charge in [0.05, 0.1) is 0 Å². The zero-order chi connectivity index (χ0) is 14.8. The van der Waals surface area contributed by atoms with E-state index in [9.17, 15) is 4.79 Å². The van der Waals surface area contributed by atoms with E-state index in [0.29, 0.717) is 6.04 Å². The maximum atomic E-state index is 12.8. The number of amides is 1. The molecule has 1 fully saturated rings. The van der Waals surface area contributed by atoms with Crippen LogP contribution in [-0.4, -0.2) is 30.9 Å². The molecule has 1 aliphatic rings. The van der Waals surface area contributed by atoms with Crippen LogP contribution in [-0.2, 0) is 6.54 Å². The van der Waals surface area contributed by atoms with Crippen LogP contribution in [0, 0.1) is 0 Å². The molecule has 4 heteroatoms. The van der Waals surface area contributed by atoms with E-state index < -0.39 is 0 Å². The van der Waals surface area contributed by atoms with E-state index in [4.69, 9.17) is 0 Å². The lowest BCUT2D eigenvalue weighted by Gasteiger charge is -2.23. The normalized spacial score (nSPS) is 14.0. The number of thiophene rings is 1. The molecule has 0 radical (unpaired) electrons. The Morgan fingerprint density at radius 2 is 2.10 bits per heavy atom. The molecule has 3 nitrogen and oxygen atoms in total. The first-order valence-corrected chi connectivity index (χ1v) is 8.19. The maximum Gasteiger partial charge on any atom is 0.254 e. The molecule has 1 amide bonds. The van der Waals surface area contributed by atoms with Crippen LogP contribution in [0.1, 0.15) is 28.8 Å². The molecule has 0 N–H and O–H groups in total. The summed E-state index contributed by atoms with van der Waals surface area (Å²) in [7, 11) is 3.99. The highest BCUT2D eigenvalue weighted by Crippen LogP contribution is 2.30. The zero-order valence-electron chi connectivity index (χ0n) is 12.5. The lowest BCUT2D eigenvalue weighted by Crippen LogP contribution is -2.32. The Kier molecular flexibility index (Phi) is 3.97. The topological polar surface area (TPSA) is 23.6 Å². The molecule has 1 aliphatic carbocycles. The highest BCUT2D eigenvalue weighted by Gasteiger charge is 2.33. The van der Waals surface area contributed by atoms with E-state index in [1.54, 1.807) is 11.3 Å². The molecule has 2 aromatic rings. The van der Waals surface area contributed by atoms with Crippen LogP contribution in [0.5, 0.6) is 0 Å². The molecular formula is C17H20N2OS. The van der Waals surface area contributed by atoms with Crippen molar-refractivity contribution in [3.63, 3.8) is 0 Å². The number of rotatable bonds is 5. The number of nitrogens with zero attached hydrogens (tertiary/aromatic N) is 2. The van der Waals surface area contributed by atoms with E-state index in [2.05, 4.69) is 16.8 Å². The molecule has 0 bridgehead atoms. The SMILES string of the molecule is CN(C)c1cccc(C(=O)N(Cc2ccsc2)C2CC2)c1. The second kappa shape index (κ2) is 5.90. The summed E-state index contributed by atoms with van der Waals surface area (Å²) >= 11 is 1.68. The molecule has 0 saturated heterocycles. The summed E-state index contributed by atoms with van der Waals surface area (Å²) in [5, 5.41) is 4.19. The van der Waals surface area contributed by atoms with Crippen LogP contribution in [0.3, 0.4) is 0 Å². The first-order valence-electron chi connectivity index (χ1n) is 7.24. The van der Waals surface area contributed by atoms with Crippen LogP contribution >= 0.6 is 11.3 Å². The minimum atomic E-state index is 0.146. The Morgan fingerprint density at radius 1 is 1.29 bits per heavy atom. The maximum absolute atomic E-state index is 12.8.